The van der Waals surface area contributed by atoms with Crippen molar-refractivity contribution >= 4 is 69.6 Å². The first kappa shape index (κ1) is 25.6. The Morgan fingerprint density at radius 2 is 0.875 bits per heavy atom. The van der Waals surface area contributed by atoms with E-state index >= 15 is 0 Å². The third kappa shape index (κ3) is 10.1. The minimum Gasteiger partial charge on any atom is -0.301 e. The Kier molecular flexibility index (Phi) is 13.8. The van der Waals surface area contributed by atoms with E-state index in [1.54, 1.807) is 0 Å². The van der Waals surface area contributed by atoms with Gasteiger partial charge in [-0.3, -0.25) is 0 Å². The summed E-state index contributed by atoms with van der Waals surface area (Å²) in [4.78, 5) is 0. The summed E-state index contributed by atoms with van der Waals surface area (Å²) in [5, 5.41) is -2.62. The monoisotopic (exact) mass is 461 g/mol. The molecular formula is C15H29Cl6N3. The molecular weight excluding hydrogens is 435 g/mol. The minimum absolute atomic E-state index is 0.437. The van der Waals surface area contributed by atoms with E-state index in [2.05, 4.69) is 6.92 Å². The van der Waals surface area contributed by atoms with Crippen LogP contribution in [0.15, 0.2) is 0 Å². The zero-order valence-corrected chi connectivity index (χ0v) is 18.4. The molecule has 0 bridgehead atoms. The van der Waals surface area contributed by atoms with Crippen LogP contribution < -0.4 is 17.2 Å². The van der Waals surface area contributed by atoms with E-state index in [0.717, 1.165) is 12.8 Å². The van der Waals surface area contributed by atoms with Gasteiger partial charge in [-0.25, -0.2) is 0 Å². The van der Waals surface area contributed by atoms with Crippen LogP contribution in [0, 0.1) is 0 Å². The van der Waals surface area contributed by atoms with Crippen LogP contribution in [0.1, 0.15) is 51.9 Å². The van der Waals surface area contributed by atoms with Crippen molar-refractivity contribution in [3.05, 3.63) is 0 Å². The van der Waals surface area contributed by atoms with Crippen molar-refractivity contribution in [1.82, 2.24) is 0 Å². The molecule has 0 atom stereocenters. The predicted octanol–water partition coefficient (Wildman–Crippen LogP) is 4.91. The predicted molar refractivity (Wildman–Crippen MR) is 111 cm³/mol. The summed E-state index contributed by atoms with van der Waals surface area (Å²) in [5.41, 5.74) is 16.3. The molecule has 0 aromatic rings. The molecule has 1 fully saturated rings. The normalized spacial score (nSPS) is 33.8. The number of hydrogen-bond acceptors (Lipinski definition) is 3. The number of unbranched alkanes of at least 4 members (excludes halogenated alkanes) is 5. The van der Waals surface area contributed by atoms with Crippen LogP contribution in [-0.4, -0.2) is 38.0 Å². The maximum Gasteiger partial charge on any atom is 0.115 e. The average Bonchev–Trinajstić information content (AvgIpc) is 2.52. The highest BCUT2D eigenvalue weighted by Gasteiger charge is 2.46. The van der Waals surface area contributed by atoms with Gasteiger partial charge < -0.3 is 17.2 Å². The molecule has 1 aliphatic rings. The number of halogens is 6. The largest absolute Gasteiger partial charge is 0.301 e. The summed E-state index contributed by atoms with van der Waals surface area (Å²) in [6, 6.07) is 0. The first-order valence-corrected chi connectivity index (χ1v) is 10.9. The third-order valence-electron chi connectivity index (χ3n) is 3.79. The SMILES string of the molecule is CCCCCCCCC(N)(N)N.Cl[C@H]1[C@H](Cl)[C@@H](Cl)[C@@H](Cl)[C@H](Cl)[C@H]1Cl. The number of hydrogen-bond donors (Lipinski definition) is 3. The number of nitrogens with two attached hydrogens (primary N) is 3. The highest BCUT2D eigenvalue weighted by atomic mass is 35.5. The Balaban J connectivity index is 0.000000441. The van der Waals surface area contributed by atoms with Gasteiger partial charge in [0.2, 0.25) is 0 Å². The molecule has 0 heterocycles. The summed E-state index contributed by atoms with van der Waals surface area (Å²) in [5.74, 6) is -0.954. The molecule has 24 heavy (non-hydrogen) atoms. The molecule has 0 spiro atoms. The lowest BCUT2D eigenvalue weighted by Crippen LogP contribution is -2.57. The first-order valence-electron chi connectivity index (χ1n) is 8.24. The Bertz CT molecular complexity index is 270. The second-order valence-electron chi connectivity index (χ2n) is 6.30. The summed E-state index contributed by atoms with van der Waals surface area (Å²) in [7, 11) is 0. The maximum absolute atomic E-state index is 5.88. The van der Waals surface area contributed by atoms with Crippen molar-refractivity contribution in [1.29, 1.82) is 0 Å². The lowest BCUT2D eigenvalue weighted by Gasteiger charge is -2.37. The fourth-order valence-electron chi connectivity index (χ4n) is 2.27. The second-order valence-corrected chi connectivity index (χ2v) is 9.32. The van der Waals surface area contributed by atoms with E-state index in [4.69, 9.17) is 86.8 Å². The van der Waals surface area contributed by atoms with Gasteiger partial charge in [0.25, 0.3) is 0 Å². The molecule has 1 rings (SSSR count). The number of rotatable bonds is 7. The van der Waals surface area contributed by atoms with E-state index in [9.17, 15) is 0 Å². The summed E-state index contributed by atoms with van der Waals surface area (Å²) in [6.45, 7) is 2.21. The third-order valence-corrected chi connectivity index (χ3v) is 7.82. The molecule has 0 saturated heterocycles. The summed E-state index contributed by atoms with van der Waals surface area (Å²) in [6.07, 6.45) is 8.19. The van der Waals surface area contributed by atoms with E-state index in [1.165, 1.54) is 32.1 Å². The zero-order chi connectivity index (χ0) is 18.9. The molecule has 1 saturated carbocycles. The van der Waals surface area contributed by atoms with Gasteiger partial charge in [-0.05, 0) is 12.8 Å². The summed E-state index contributed by atoms with van der Waals surface area (Å²) < 4.78 is 0. The van der Waals surface area contributed by atoms with Crippen LogP contribution in [0.25, 0.3) is 0 Å². The molecule has 0 radical (unpaired) electrons. The Morgan fingerprint density at radius 3 is 1.17 bits per heavy atom. The molecule has 1 aliphatic carbocycles. The highest BCUT2D eigenvalue weighted by molar-refractivity contribution is 6.45. The van der Waals surface area contributed by atoms with E-state index < -0.39 is 38.0 Å². The standard InChI is InChI=1S/C9H23N3.C6H6Cl6/c1-2-3-4-5-6-7-8-9(10,11)12;7-1-2(8)4(10)6(12)5(11)3(1)9/h2-8,10-12H2,1H3;1-6H/t;1-,2-,3-,4+,5+,6+. The molecule has 0 aromatic carbocycles. The van der Waals surface area contributed by atoms with Gasteiger partial charge in [-0.2, -0.15) is 0 Å². The quantitative estimate of drug-likeness (QED) is 0.285. The minimum atomic E-state index is -0.954. The van der Waals surface area contributed by atoms with E-state index in [-0.39, 0.29) is 0 Å². The molecule has 146 valence electrons. The summed E-state index contributed by atoms with van der Waals surface area (Å²) >= 11 is 35.3. The van der Waals surface area contributed by atoms with Crippen molar-refractivity contribution in [3.8, 4) is 0 Å². The van der Waals surface area contributed by atoms with Crippen LogP contribution >= 0.6 is 69.6 Å². The molecule has 0 amide bonds. The van der Waals surface area contributed by atoms with Crippen LogP contribution in [0.2, 0.25) is 0 Å². The molecule has 9 heteroatoms. The Morgan fingerprint density at radius 1 is 0.583 bits per heavy atom. The van der Waals surface area contributed by atoms with E-state index in [0.29, 0.717) is 0 Å². The van der Waals surface area contributed by atoms with Crippen molar-refractivity contribution in [2.45, 2.75) is 89.9 Å². The number of alkyl halides is 6. The molecule has 0 unspecified atom stereocenters. The lowest BCUT2D eigenvalue weighted by atomic mass is 9.97. The zero-order valence-electron chi connectivity index (χ0n) is 13.9. The Labute approximate surface area is 176 Å². The van der Waals surface area contributed by atoms with Gasteiger partial charge in [-0.1, -0.05) is 39.0 Å². The fraction of sp³-hybridized carbons (Fsp3) is 1.00. The molecule has 0 aliphatic heterocycles. The maximum atomic E-state index is 5.88. The van der Waals surface area contributed by atoms with Crippen LogP contribution in [0.5, 0.6) is 0 Å². The van der Waals surface area contributed by atoms with Crippen LogP contribution in [0.3, 0.4) is 0 Å². The van der Waals surface area contributed by atoms with Gasteiger partial charge >= 0.3 is 0 Å². The van der Waals surface area contributed by atoms with Gasteiger partial charge in [0.05, 0.1) is 32.3 Å². The van der Waals surface area contributed by atoms with Crippen LogP contribution in [0.4, 0.5) is 0 Å². The van der Waals surface area contributed by atoms with Crippen molar-refractivity contribution in [2.24, 2.45) is 17.2 Å². The highest BCUT2D eigenvalue weighted by Crippen LogP contribution is 2.39. The lowest BCUT2D eigenvalue weighted by molar-refractivity contribution is 0.400. The second kappa shape index (κ2) is 12.9. The molecule has 3 nitrogen and oxygen atoms in total. The van der Waals surface area contributed by atoms with Crippen molar-refractivity contribution in [3.63, 3.8) is 0 Å². The first-order chi connectivity index (χ1) is 11.0. The fourth-order valence-corrected chi connectivity index (χ4v) is 4.59. The van der Waals surface area contributed by atoms with Gasteiger partial charge in [0, 0.05) is 0 Å². The Hall–Kier alpha value is 1.62. The average molecular weight is 464 g/mol. The van der Waals surface area contributed by atoms with Crippen molar-refractivity contribution < 1.29 is 0 Å². The topological polar surface area (TPSA) is 78.1 Å². The van der Waals surface area contributed by atoms with Crippen molar-refractivity contribution in [2.75, 3.05) is 0 Å². The smallest absolute Gasteiger partial charge is 0.115 e. The van der Waals surface area contributed by atoms with Gasteiger partial charge in [0.1, 0.15) is 5.79 Å². The molecule has 6 N–H and O–H groups in total. The van der Waals surface area contributed by atoms with Gasteiger partial charge in [0.15, 0.2) is 0 Å². The van der Waals surface area contributed by atoms with E-state index in [1.807, 2.05) is 0 Å². The molecule has 0 aromatic heterocycles. The van der Waals surface area contributed by atoms with Crippen LogP contribution in [-0.2, 0) is 0 Å². The van der Waals surface area contributed by atoms with Gasteiger partial charge in [-0.15, -0.1) is 69.6 Å².